The zero-order valence-corrected chi connectivity index (χ0v) is 30.1. The molecular formula is C30H46B3BrF2N2O6. The second-order valence-corrected chi connectivity index (χ2v) is 15.3. The van der Waals surface area contributed by atoms with E-state index >= 15 is 0 Å². The third kappa shape index (κ3) is 7.59. The van der Waals surface area contributed by atoms with Crippen molar-refractivity contribution in [3.05, 3.63) is 52.0 Å². The lowest BCUT2D eigenvalue weighted by molar-refractivity contribution is 0.00578. The molecule has 5 heterocycles. The Balaban J connectivity index is 0.000000190. The van der Waals surface area contributed by atoms with Gasteiger partial charge >= 0.3 is 21.1 Å². The summed E-state index contributed by atoms with van der Waals surface area (Å²) in [6, 6.07) is 0. The van der Waals surface area contributed by atoms with Crippen LogP contribution in [0.1, 0.15) is 94.2 Å². The smallest absolute Gasteiger partial charge is 0.405 e. The van der Waals surface area contributed by atoms with Gasteiger partial charge in [-0.3, -0.25) is 9.97 Å². The summed E-state index contributed by atoms with van der Waals surface area (Å²) in [6.45, 7) is 27.5. The molecule has 0 radical (unpaired) electrons. The number of aromatic nitrogens is 2. The maximum absolute atomic E-state index is 13.4. The normalized spacial score (nSPS) is 23.5. The van der Waals surface area contributed by atoms with Gasteiger partial charge in [0, 0.05) is 27.9 Å². The fraction of sp³-hybridized carbons (Fsp3) is 0.667. The van der Waals surface area contributed by atoms with Gasteiger partial charge in [0.05, 0.1) is 46.0 Å². The van der Waals surface area contributed by atoms with E-state index in [1.165, 1.54) is 12.4 Å². The molecule has 3 saturated heterocycles. The first-order chi connectivity index (χ1) is 19.8. The Hall–Kier alpha value is -1.41. The first kappa shape index (κ1) is 37.1. The molecule has 0 aromatic carbocycles. The summed E-state index contributed by atoms with van der Waals surface area (Å²) in [5.41, 5.74) is -0.495. The van der Waals surface area contributed by atoms with Crippen molar-refractivity contribution < 1.29 is 36.7 Å². The van der Waals surface area contributed by atoms with Crippen LogP contribution in [0, 0.1) is 25.5 Å². The van der Waals surface area contributed by atoms with Crippen molar-refractivity contribution in [1.82, 2.24) is 9.97 Å². The van der Waals surface area contributed by atoms with Crippen LogP contribution < -0.4 is 5.46 Å². The summed E-state index contributed by atoms with van der Waals surface area (Å²) < 4.78 is 62.2. The molecule has 5 rings (SSSR count). The molecule has 3 aliphatic rings. The van der Waals surface area contributed by atoms with Crippen molar-refractivity contribution >= 4 is 42.5 Å². The highest BCUT2D eigenvalue weighted by molar-refractivity contribution is 9.10. The van der Waals surface area contributed by atoms with E-state index in [-0.39, 0.29) is 34.0 Å². The molecule has 0 amide bonds. The largest absolute Gasteiger partial charge is 0.496 e. The molecule has 8 nitrogen and oxygen atoms in total. The Morgan fingerprint density at radius 1 is 0.523 bits per heavy atom. The van der Waals surface area contributed by atoms with Crippen LogP contribution >= 0.6 is 15.9 Å². The summed E-state index contributed by atoms with van der Waals surface area (Å²) >= 11 is 3.14. The third-order valence-corrected chi connectivity index (χ3v) is 10.4. The number of halogens is 3. The Kier molecular flexibility index (Phi) is 10.7. The van der Waals surface area contributed by atoms with Gasteiger partial charge in [0.1, 0.15) is 11.6 Å². The summed E-state index contributed by atoms with van der Waals surface area (Å²) in [5.74, 6) is -0.610. The van der Waals surface area contributed by atoms with Gasteiger partial charge in [0.2, 0.25) is 0 Å². The molecule has 3 aliphatic heterocycles. The van der Waals surface area contributed by atoms with E-state index < -0.39 is 32.3 Å². The van der Waals surface area contributed by atoms with E-state index in [1.54, 1.807) is 26.2 Å². The van der Waals surface area contributed by atoms with E-state index in [0.717, 1.165) is 0 Å². The maximum Gasteiger partial charge on any atom is 0.496 e. The third-order valence-electron chi connectivity index (χ3n) is 9.56. The molecule has 44 heavy (non-hydrogen) atoms. The van der Waals surface area contributed by atoms with Gasteiger partial charge in [-0.15, -0.1) is 0 Å². The molecule has 0 spiro atoms. The van der Waals surface area contributed by atoms with Gasteiger partial charge < -0.3 is 27.9 Å². The minimum Gasteiger partial charge on any atom is -0.405 e. The molecule has 0 atom stereocenters. The van der Waals surface area contributed by atoms with E-state index in [0.29, 0.717) is 21.1 Å². The van der Waals surface area contributed by atoms with Gasteiger partial charge in [-0.25, -0.2) is 8.78 Å². The molecule has 14 heteroatoms. The zero-order valence-electron chi connectivity index (χ0n) is 28.5. The lowest BCUT2D eigenvalue weighted by Gasteiger charge is -2.32. The van der Waals surface area contributed by atoms with Crippen LogP contribution in [0.3, 0.4) is 0 Å². The monoisotopic (exact) mass is 680 g/mol. The lowest BCUT2D eigenvalue weighted by atomic mass is 9.49. The second-order valence-electron chi connectivity index (χ2n) is 14.4. The highest BCUT2D eigenvalue weighted by Gasteiger charge is 2.63. The van der Waals surface area contributed by atoms with Gasteiger partial charge in [-0.1, -0.05) is 0 Å². The summed E-state index contributed by atoms with van der Waals surface area (Å²) in [5, 5.41) is 0. The zero-order chi connectivity index (χ0) is 33.7. The topological polar surface area (TPSA) is 81.2 Å². The molecule has 242 valence electrons. The van der Waals surface area contributed by atoms with Gasteiger partial charge in [0.15, 0.2) is 0 Å². The van der Waals surface area contributed by atoms with Crippen molar-refractivity contribution in [1.29, 1.82) is 0 Å². The molecule has 0 bridgehead atoms. The Labute approximate surface area is 271 Å². The average Bonchev–Trinajstić information content (AvgIpc) is 3.33. The highest BCUT2D eigenvalue weighted by atomic mass is 79.9. The van der Waals surface area contributed by atoms with E-state index in [9.17, 15) is 8.78 Å². The van der Waals surface area contributed by atoms with Crippen LogP contribution in [-0.2, 0) is 27.9 Å². The summed E-state index contributed by atoms with van der Waals surface area (Å²) in [6.07, 6.45) is 5.56. The quantitative estimate of drug-likeness (QED) is 0.339. The number of rotatable bonds is 2. The van der Waals surface area contributed by atoms with Crippen LogP contribution in [0.5, 0.6) is 0 Å². The molecule has 0 unspecified atom stereocenters. The average molecular weight is 681 g/mol. The fourth-order valence-electron chi connectivity index (χ4n) is 4.20. The van der Waals surface area contributed by atoms with Crippen LogP contribution in [-0.4, -0.2) is 64.7 Å². The Morgan fingerprint density at radius 2 is 0.841 bits per heavy atom. The predicted octanol–water partition coefficient (Wildman–Crippen LogP) is 6.37. The van der Waals surface area contributed by atoms with Crippen LogP contribution in [0.15, 0.2) is 29.3 Å². The first-order valence-electron chi connectivity index (χ1n) is 14.8. The second kappa shape index (κ2) is 12.7. The molecule has 0 aliphatic carbocycles. The van der Waals surface area contributed by atoms with E-state index in [1.807, 2.05) is 83.1 Å². The lowest BCUT2D eigenvalue weighted by Crippen LogP contribution is -2.41. The van der Waals surface area contributed by atoms with Crippen molar-refractivity contribution in [3.63, 3.8) is 0 Å². The van der Waals surface area contributed by atoms with Crippen molar-refractivity contribution in [3.8, 4) is 0 Å². The Bertz CT molecular complexity index is 1240. The number of hydrogen-bond acceptors (Lipinski definition) is 8. The van der Waals surface area contributed by atoms with E-state index in [2.05, 4.69) is 25.9 Å². The predicted molar refractivity (Wildman–Crippen MR) is 173 cm³/mol. The molecule has 3 fully saturated rings. The highest BCUT2D eigenvalue weighted by Crippen LogP contribution is 2.43. The van der Waals surface area contributed by atoms with E-state index in [4.69, 9.17) is 27.9 Å². The van der Waals surface area contributed by atoms with Crippen molar-refractivity contribution in [2.24, 2.45) is 0 Å². The summed E-state index contributed by atoms with van der Waals surface area (Å²) in [7, 11) is -1.50. The standard InChI is InChI=1S/C12H24B2O4.C12H17BFNO2.C6H5BrFN/c1-9(2)10(3,4)16-13(15-9)14-17-11(5,6)12(7,8)18-14;1-8-9(6-15-7-10(8)14)13-16-11(2,3)12(4,5)17-13;1-4-5(7)2-9-3-6(4)8/h1-8H3;6-7H,1-5H3;2-3H,1H3. The van der Waals surface area contributed by atoms with Crippen LogP contribution in [0.25, 0.3) is 0 Å². The fourth-order valence-corrected chi connectivity index (χ4v) is 4.51. The number of pyridine rings is 2. The molecule has 0 N–H and O–H groups in total. The SMILES string of the molecule is CC1(C)OB(B2OC(C)(C)C(C)(C)O2)OC1(C)C.Cc1c(F)cncc1B1OC(C)(C)C(C)(C)O1.Cc1c(F)cncc1Br. The minimum atomic E-state index is -0.553. The summed E-state index contributed by atoms with van der Waals surface area (Å²) in [4.78, 5) is 7.47. The van der Waals surface area contributed by atoms with Gasteiger partial charge in [0.25, 0.3) is 0 Å². The number of hydrogen-bond donors (Lipinski definition) is 0. The molecule has 0 saturated carbocycles. The molecule has 2 aromatic rings. The maximum atomic E-state index is 13.4. The molecule has 2 aromatic heterocycles. The van der Waals surface area contributed by atoms with Crippen LogP contribution in [0.2, 0.25) is 0 Å². The first-order valence-corrected chi connectivity index (χ1v) is 15.6. The minimum absolute atomic E-state index is 0.274. The number of nitrogens with zero attached hydrogens (tertiary/aromatic N) is 2. The van der Waals surface area contributed by atoms with Gasteiger partial charge in [-0.05, 0) is 118 Å². The van der Waals surface area contributed by atoms with Gasteiger partial charge in [-0.2, -0.15) is 0 Å². The van der Waals surface area contributed by atoms with Crippen molar-refractivity contribution in [2.45, 2.75) is 131 Å². The molecular weight excluding hydrogens is 635 g/mol. The van der Waals surface area contributed by atoms with Crippen LogP contribution in [0.4, 0.5) is 8.78 Å². The Morgan fingerprint density at radius 3 is 1.18 bits per heavy atom. The van der Waals surface area contributed by atoms with Crippen molar-refractivity contribution in [2.75, 3.05) is 0 Å².